The second kappa shape index (κ2) is 5.49. The third kappa shape index (κ3) is 2.85. The molecule has 6 nitrogen and oxygen atoms in total. The van der Waals surface area contributed by atoms with Gasteiger partial charge in [-0.05, 0) is 29.8 Å². The Kier molecular flexibility index (Phi) is 3.53. The molecule has 0 fully saturated rings. The minimum atomic E-state index is -0.457. The SMILES string of the molecule is O=[N+]([O-])c1ccc(OCc2cc(Cl)c3c(c2)OCO3)cc1. The first-order valence-electron chi connectivity index (χ1n) is 6.09. The molecule has 3 rings (SSSR count). The highest BCUT2D eigenvalue weighted by atomic mass is 35.5. The van der Waals surface area contributed by atoms with Crippen LogP contribution >= 0.6 is 11.6 Å². The minimum Gasteiger partial charge on any atom is -0.489 e. The van der Waals surface area contributed by atoms with Crippen molar-refractivity contribution in [2.24, 2.45) is 0 Å². The normalized spacial score (nSPS) is 12.2. The molecule has 0 saturated heterocycles. The van der Waals surface area contributed by atoms with Crippen LogP contribution in [0.3, 0.4) is 0 Å². The fraction of sp³-hybridized carbons (Fsp3) is 0.143. The molecule has 21 heavy (non-hydrogen) atoms. The highest BCUT2D eigenvalue weighted by Gasteiger charge is 2.18. The van der Waals surface area contributed by atoms with E-state index >= 15 is 0 Å². The van der Waals surface area contributed by atoms with Gasteiger partial charge >= 0.3 is 0 Å². The molecule has 0 saturated carbocycles. The van der Waals surface area contributed by atoms with Crippen LogP contribution in [0, 0.1) is 10.1 Å². The summed E-state index contributed by atoms with van der Waals surface area (Å²) in [4.78, 5) is 10.1. The minimum absolute atomic E-state index is 0.0217. The largest absolute Gasteiger partial charge is 0.489 e. The summed E-state index contributed by atoms with van der Waals surface area (Å²) >= 11 is 6.08. The van der Waals surface area contributed by atoms with Gasteiger partial charge in [0.1, 0.15) is 12.4 Å². The summed E-state index contributed by atoms with van der Waals surface area (Å²) in [6, 6.07) is 9.41. The maximum absolute atomic E-state index is 10.6. The highest BCUT2D eigenvalue weighted by molar-refractivity contribution is 6.32. The zero-order valence-corrected chi connectivity index (χ0v) is 11.5. The van der Waals surface area contributed by atoms with Gasteiger partial charge in [0.15, 0.2) is 11.5 Å². The van der Waals surface area contributed by atoms with Crippen LogP contribution in [0.5, 0.6) is 17.2 Å². The number of nitrogens with zero attached hydrogens (tertiary/aromatic N) is 1. The quantitative estimate of drug-likeness (QED) is 0.638. The Balaban J connectivity index is 1.70. The summed E-state index contributed by atoms with van der Waals surface area (Å²) < 4.78 is 16.1. The van der Waals surface area contributed by atoms with E-state index in [-0.39, 0.29) is 19.1 Å². The van der Waals surface area contributed by atoms with Crippen LogP contribution in [-0.2, 0) is 6.61 Å². The van der Waals surface area contributed by atoms with Crippen LogP contribution in [0.2, 0.25) is 5.02 Å². The van der Waals surface area contributed by atoms with Gasteiger partial charge in [-0.15, -0.1) is 0 Å². The Morgan fingerprint density at radius 2 is 2.00 bits per heavy atom. The summed E-state index contributed by atoms with van der Waals surface area (Å²) in [5, 5.41) is 11.0. The van der Waals surface area contributed by atoms with Crippen LogP contribution in [-0.4, -0.2) is 11.7 Å². The van der Waals surface area contributed by atoms with Crippen LogP contribution in [0.25, 0.3) is 0 Å². The van der Waals surface area contributed by atoms with Gasteiger partial charge in [0.05, 0.1) is 9.95 Å². The van der Waals surface area contributed by atoms with Crippen molar-refractivity contribution < 1.29 is 19.1 Å². The van der Waals surface area contributed by atoms with Crippen LogP contribution in [0.15, 0.2) is 36.4 Å². The molecule has 108 valence electrons. The summed E-state index contributed by atoms with van der Waals surface area (Å²) in [5.74, 6) is 1.66. The second-order valence-corrected chi connectivity index (χ2v) is 4.76. The van der Waals surface area contributed by atoms with Crippen LogP contribution in [0.1, 0.15) is 5.56 Å². The Labute approximate surface area is 125 Å². The molecule has 0 atom stereocenters. The van der Waals surface area contributed by atoms with Crippen molar-refractivity contribution in [1.29, 1.82) is 0 Å². The van der Waals surface area contributed by atoms with E-state index in [0.717, 1.165) is 5.56 Å². The molecule has 1 aliphatic heterocycles. The number of non-ortho nitro benzene ring substituents is 1. The molecule has 2 aromatic carbocycles. The van der Waals surface area contributed by atoms with Gasteiger partial charge in [-0.2, -0.15) is 0 Å². The zero-order chi connectivity index (χ0) is 14.8. The van der Waals surface area contributed by atoms with Crippen molar-refractivity contribution in [3.8, 4) is 17.2 Å². The zero-order valence-electron chi connectivity index (χ0n) is 10.7. The van der Waals surface area contributed by atoms with E-state index < -0.39 is 4.92 Å². The fourth-order valence-electron chi connectivity index (χ4n) is 1.93. The van der Waals surface area contributed by atoms with E-state index in [0.29, 0.717) is 22.3 Å². The predicted octanol–water partition coefficient (Wildman–Crippen LogP) is 3.56. The maximum Gasteiger partial charge on any atom is 0.269 e. The van der Waals surface area contributed by atoms with E-state index in [9.17, 15) is 10.1 Å². The average molecular weight is 308 g/mol. The molecule has 0 amide bonds. The number of hydrogen-bond acceptors (Lipinski definition) is 5. The second-order valence-electron chi connectivity index (χ2n) is 4.35. The Bertz CT molecular complexity index is 687. The number of halogens is 1. The molecule has 0 unspecified atom stereocenters. The van der Waals surface area contributed by atoms with E-state index in [1.807, 2.05) is 0 Å². The van der Waals surface area contributed by atoms with Crippen molar-refractivity contribution in [1.82, 2.24) is 0 Å². The summed E-state index contributed by atoms with van der Waals surface area (Å²) in [6.45, 7) is 0.426. The maximum atomic E-state index is 10.6. The van der Waals surface area contributed by atoms with E-state index in [1.165, 1.54) is 12.1 Å². The molecule has 0 N–H and O–H groups in total. The van der Waals surface area contributed by atoms with Crippen LogP contribution < -0.4 is 14.2 Å². The number of fused-ring (bicyclic) bond motifs is 1. The molecule has 0 aromatic heterocycles. The average Bonchev–Trinajstić information content (AvgIpc) is 2.94. The molecule has 0 bridgehead atoms. The van der Waals surface area contributed by atoms with E-state index in [1.54, 1.807) is 24.3 Å². The van der Waals surface area contributed by atoms with Crippen molar-refractivity contribution >= 4 is 17.3 Å². The van der Waals surface area contributed by atoms with Crippen molar-refractivity contribution in [2.75, 3.05) is 6.79 Å². The summed E-state index contributed by atoms with van der Waals surface area (Å²) in [7, 11) is 0. The molecule has 1 aliphatic rings. The smallest absolute Gasteiger partial charge is 0.269 e. The van der Waals surface area contributed by atoms with Gasteiger partial charge < -0.3 is 14.2 Å². The lowest BCUT2D eigenvalue weighted by Crippen LogP contribution is -1.96. The topological polar surface area (TPSA) is 70.8 Å². The standard InChI is InChI=1S/C14H10ClNO5/c15-12-5-9(6-13-14(12)21-8-20-13)7-19-11-3-1-10(2-4-11)16(17)18/h1-6H,7-8H2. The van der Waals surface area contributed by atoms with Gasteiger partial charge in [0.2, 0.25) is 6.79 Å². The monoisotopic (exact) mass is 307 g/mol. The molecular weight excluding hydrogens is 298 g/mol. The van der Waals surface area contributed by atoms with E-state index in [4.69, 9.17) is 25.8 Å². The highest BCUT2D eigenvalue weighted by Crippen LogP contribution is 2.39. The molecule has 0 aliphatic carbocycles. The predicted molar refractivity (Wildman–Crippen MR) is 75.0 cm³/mol. The fourth-order valence-corrected chi connectivity index (χ4v) is 2.22. The number of ether oxygens (including phenoxy) is 3. The molecule has 1 heterocycles. The molecular formula is C14H10ClNO5. The number of nitro benzene ring substituents is 1. The third-order valence-corrected chi connectivity index (χ3v) is 3.22. The Morgan fingerprint density at radius 1 is 1.24 bits per heavy atom. The molecule has 7 heteroatoms. The molecule has 0 radical (unpaired) electrons. The van der Waals surface area contributed by atoms with Gasteiger partial charge in [-0.3, -0.25) is 10.1 Å². The van der Waals surface area contributed by atoms with Gasteiger partial charge in [-0.1, -0.05) is 11.6 Å². The first kappa shape index (κ1) is 13.5. The van der Waals surface area contributed by atoms with Gasteiger partial charge in [0, 0.05) is 12.1 Å². The number of nitro groups is 1. The lowest BCUT2D eigenvalue weighted by Gasteiger charge is -2.08. The van der Waals surface area contributed by atoms with E-state index in [2.05, 4.69) is 0 Å². The lowest BCUT2D eigenvalue weighted by atomic mass is 10.2. The van der Waals surface area contributed by atoms with Gasteiger partial charge in [-0.25, -0.2) is 0 Å². The Morgan fingerprint density at radius 3 is 2.71 bits per heavy atom. The van der Waals surface area contributed by atoms with Crippen molar-refractivity contribution in [3.63, 3.8) is 0 Å². The lowest BCUT2D eigenvalue weighted by molar-refractivity contribution is -0.384. The Hall–Kier alpha value is -2.47. The van der Waals surface area contributed by atoms with Crippen molar-refractivity contribution in [3.05, 3.63) is 57.1 Å². The summed E-state index contributed by atoms with van der Waals surface area (Å²) in [6.07, 6.45) is 0. The number of benzene rings is 2. The number of rotatable bonds is 4. The van der Waals surface area contributed by atoms with Crippen molar-refractivity contribution in [2.45, 2.75) is 6.61 Å². The third-order valence-electron chi connectivity index (χ3n) is 2.94. The molecule has 2 aromatic rings. The summed E-state index contributed by atoms with van der Waals surface area (Å²) in [5.41, 5.74) is 0.844. The number of hydrogen-bond donors (Lipinski definition) is 0. The van der Waals surface area contributed by atoms with Crippen LogP contribution in [0.4, 0.5) is 5.69 Å². The first-order valence-corrected chi connectivity index (χ1v) is 6.46. The van der Waals surface area contributed by atoms with Gasteiger partial charge in [0.25, 0.3) is 5.69 Å². The first-order chi connectivity index (χ1) is 10.1. The molecule has 0 spiro atoms.